The zero-order valence-electron chi connectivity index (χ0n) is 11.9. The van der Waals surface area contributed by atoms with Gasteiger partial charge in [-0.3, -0.25) is 19.8 Å². The Bertz CT molecular complexity index is 1360. The van der Waals surface area contributed by atoms with Crippen molar-refractivity contribution in [2.45, 2.75) is 0 Å². The van der Waals surface area contributed by atoms with Gasteiger partial charge >= 0.3 is 11.9 Å². The van der Waals surface area contributed by atoms with Gasteiger partial charge in [0.1, 0.15) is 0 Å². The molecule has 0 fully saturated rings. The Morgan fingerprint density at radius 2 is 1.38 bits per heavy atom. The molecule has 4 aromatic rings. The van der Waals surface area contributed by atoms with E-state index in [1.165, 1.54) is 0 Å². The number of fused-ring (bicyclic) bond motifs is 8. The van der Waals surface area contributed by atoms with Crippen molar-refractivity contribution in [2.24, 2.45) is 0 Å². The Hall–Kier alpha value is -3.68. The topological polar surface area (TPSA) is 125 Å². The fourth-order valence-corrected chi connectivity index (χ4v) is 3.38. The van der Waals surface area contributed by atoms with E-state index in [1.807, 2.05) is 0 Å². The lowest BCUT2D eigenvalue weighted by atomic mass is 9.96. The number of para-hydroxylation sites is 1. The number of carbonyl (C=O) groups excluding carboxylic acids is 2. The van der Waals surface area contributed by atoms with E-state index in [1.54, 1.807) is 24.3 Å². The quantitative estimate of drug-likeness (QED) is 0.331. The van der Waals surface area contributed by atoms with Gasteiger partial charge in [0, 0.05) is 16.3 Å². The number of esters is 2. The lowest BCUT2D eigenvalue weighted by Gasteiger charge is -2.03. The molecule has 2 aromatic heterocycles. The van der Waals surface area contributed by atoms with E-state index in [0.29, 0.717) is 21.8 Å². The summed E-state index contributed by atoms with van der Waals surface area (Å²) in [6.45, 7) is 0. The maximum Gasteiger partial charge on any atom is 0.347 e. The van der Waals surface area contributed by atoms with Crippen LogP contribution in [0.2, 0.25) is 0 Å². The second-order valence-corrected chi connectivity index (χ2v) is 5.51. The van der Waals surface area contributed by atoms with Gasteiger partial charge in [0.25, 0.3) is 11.1 Å². The van der Waals surface area contributed by atoms with Crippen LogP contribution in [-0.2, 0) is 4.74 Å². The molecule has 8 heteroatoms. The predicted molar refractivity (Wildman–Crippen MR) is 84.3 cm³/mol. The maximum absolute atomic E-state index is 12.3. The lowest BCUT2D eigenvalue weighted by Crippen LogP contribution is -2.21. The summed E-state index contributed by atoms with van der Waals surface area (Å²) in [5, 5.41) is 5.37. The number of hydrogen-bond donors (Lipinski definition) is 3. The minimum Gasteiger partial charge on any atom is -0.386 e. The number of aromatic nitrogens is 3. The normalized spacial score (nSPS) is 13.8. The number of rotatable bonds is 0. The number of H-pyrrole nitrogens is 3. The van der Waals surface area contributed by atoms with Crippen molar-refractivity contribution in [2.75, 3.05) is 0 Å². The highest BCUT2D eigenvalue weighted by Crippen LogP contribution is 2.38. The number of cyclic esters (lactones) is 2. The van der Waals surface area contributed by atoms with E-state index >= 15 is 0 Å². The minimum atomic E-state index is -0.928. The molecule has 3 heterocycles. The van der Waals surface area contributed by atoms with E-state index in [0.717, 1.165) is 0 Å². The summed E-state index contributed by atoms with van der Waals surface area (Å²) >= 11 is 0. The maximum atomic E-state index is 12.3. The van der Waals surface area contributed by atoms with Crippen LogP contribution in [0.15, 0.2) is 33.9 Å². The predicted octanol–water partition coefficient (Wildman–Crippen LogP) is 1.16. The monoisotopic (exact) mass is 321 g/mol. The second-order valence-electron chi connectivity index (χ2n) is 5.51. The van der Waals surface area contributed by atoms with Crippen LogP contribution in [0.5, 0.6) is 0 Å². The highest BCUT2D eigenvalue weighted by atomic mass is 16.6. The first kappa shape index (κ1) is 12.8. The van der Waals surface area contributed by atoms with Crippen LogP contribution in [-0.4, -0.2) is 27.1 Å². The van der Waals surface area contributed by atoms with Crippen LogP contribution >= 0.6 is 0 Å². The average Bonchev–Trinajstić information content (AvgIpc) is 3.08. The second kappa shape index (κ2) is 3.99. The summed E-state index contributed by atoms with van der Waals surface area (Å²) in [7, 11) is 0. The molecule has 0 radical (unpaired) electrons. The number of hydrogen-bond acceptors (Lipinski definition) is 5. The number of benzene rings is 2. The molecule has 0 unspecified atom stereocenters. The molecule has 0 bridgehead atoms. The van der Waals surface area contributed by atoms with Crippen molar-refractivity contribution < 1.29 is 14.3 Å². The van der Waals surface area contributed by atoms with Gasteiger partial charge < -0.3 is 9.72 Å². The molecule has 1 aliphatic heterocycles. The van der Waals surface area contributed by atoms with Crippen molar-refractivity contribution in [1.82, 2.24) is 15.2 Å². The van der Waals surface area contributed by atoms with Crippen LogP contribution in [0.3, 0.4) is 0 Å². The third kappa shape index (κ3) is 1.33. The molecule has 8 nitrogen and oxygen atoms in total. The van der Waals surface area contributed by atoms with Crippen molar-refractivity contribution in [1.29, 1.82) is 0 Å². The molecule has 0 atom stereocenters. The molecular weight excluding hydrogens is 314 g/mol. The third-order valence-electron chi connectivity index (χ3n) is 4.29. The summed E-state index contributed by atoms with van der Waals surface area (Å²) < 4.78 is 4.70. The fourth-order valence-electron chi connectivity index (χ4n) is 3.38. The van der Waals surface area contributed by atoms with Gasteiger partial charge in [-0.25, -0.2) is 9.59 Å². The Labute approximate surface area is 131 Å². The molecule has 3 N–H and O–H groups in total. The van der Waals surface area contributed by atoms with Gasteiger partial charge in [0.2, 0.25) is 0 Å². The Balaban J connectivity index is 2.28. The molecule has 0 amide bonds. The average molecular weight is 321 g/mol. The van der Waals surface area contributed by atoms with Gasteiger partial charge in [-0.05, 0) is 6.07 Å². The zero-order chi connectivity index (χ0) is 16.6. The van der Waals surface area contributed by atoms with Gasteiger partial charge in [-0.2, -0.15) is 0 Å². The van der Waals surface area contributed by atoms with Crippen LogP contribution in [0.1, 0.15) is 20.7 Å². The third-order valence-corrected chi connectivity index (χ3v) is 4.29. The van der Waals surface area contributed by atoms with Gasteiger partial charge in [0.15, 0.2) is 0 Å². The van der Waals surface area contributed by atoms with Crippen molar-refractivity contribution in [3.63, 3.8) is 0 Å². The molecule has 0 saturated heterocycles. The van der Waals surface area contributed by atoms with Crippen molar-refractivity contribution >= 4 is 44.5 Å². The summed E-state index contributed by atoms with van der Waals surface area (Å²) in [5.74, 6) is -1.75. The van der Waals surface area contributed by atoms with E-state index in [9.17, 15) is 19.2 Å². The van der Waals surface area contributed by atoms with Crippen LogP contribution in [0.25, 0.3) is 32.6 Å². The van der Waals surface area contributed by atoms with Crippen LogP contribution in [0.4, 0.5) is 0 Å². The first-order chi connectivity index (χ1) is 11.6. The summed E-state index contributed by atoms with van der Waals surface area (Å²) in [6.07, 6.45) is 0. The SMILES string of the molecule is O=C1OC(=O)c2c1c1c(=O)[nH][nH]c(=O)c1c1[nH]c3ccccc3c21. The molecule has 24 heavy (non-hydrogen) atoms. The Kier molecular flexibility index (Phi) is 2.13. The Morgan fingerprint density at radius 1 is 0.750 bits per heavy atom. The largest absolute Gasteiger partial charge is 0.386 e. The first-order valence-corrected chi connectivity index (χ1v) is 7.05. The Morgan fingerprint density at radius 3 is 2.12 bits per heavy atom. The molecule has 0 aliphatic carbocycles. The highest BCUT2D eigenvalue weighted by Gasteiger charge is 2.37. The number of aromatic amines is 3. The molecule has 5 rings (SSSR count). The molecule has 0 spiro atoms. The molecular formula is C16H7N3O5. The van der Waals surface area contributed by atoms with E-state index in [-0.39, 0.29) is 21.9 Å². The number of carbonyl (C=O) groups is 2. The molecule has 1 aliphatic rings. The summed E-state index contributed by atoms with van der Waals surface area (Å²) in [5.41, 5.74) is -0.405. The van der Waals surface area contributed by atoms with Crippen molar-refractivity contribution in [3.8, 4) is 0 Å². The number of nitrogens with one attached hydrogen (secondary N) is 3. The van der Waals surface area contributed by atoms with E-state index in [4.69, 9.17) is 4.74 Å². The minimum absolute atomic E-state index is 0.0102. The molecule has 2 aromatic carbocycles. The molecule has 0 saturated carbocycles. The van der Waals surface area contributed by atoms with E-state index < -0.39 is 23.1 Å². The fraction of sp³-hybridized carbons (Fsp3) is 0. The standard InChI is InChI=1S/C16H7N3O5/c20-13-8-10-9(15(22)24-16(10)23)7-5-3-1-2-4-6(5)17-12(7)11(8)14(21)19-18-13/h1-4,17H,(H,18,20)(H,19,21). The summed E-state index contributed by atoms with van der Waals surface area (Å²) in [6, 6.07) is 7.10. The zero-order valence-corrected chi connectivity index (χ0v) is 11.9. The smallest absolute Gasteiger partial charge is 0.347 e. The van der Waals surface area contributed by atoms with Crippen molar-refractivity contribution in [3.05, 3.63) is 56.1 Å². The van der Waals surface area contributed by atoms with Crippen LogP contribution < -0.4 is 11.1 Å². The summed E-state index contributed by atoms with van der Waals surface area (Å²) in [4.78, 5) is 52.0. The lowest BCUT2D eigenvalue weighted by molar-refractivity contribution is 0.0445. The van der Waals surface area contributed by atoms with E-state index in [2.05, 4.69) is 15.2 Å². The van der Waals surface area contributed by atoms with Gasteiger partial charge in [-0.15, -0.1) is 0 Å². The highest BCUT2D eigenvalue weighted by molar-refractivity contribution is 6.33. The van der Waals surface area contributed by atoms with Gasteiger partial charge in [-0.1, -0.05) is 18.2 Å². The first-order valence-electron chi connectivity index (χ1n) is 7.05. The molecule has 116 valence electrons. The number of ether oxygens (including phenoxy) is 1. The van der Waals surface area contributed by atoms with Gasteiger partial charge in [0.05, 0.1) is 27.4 Å². The van der Waals surface area contributed by atoms with Crippen LogP contribution in [0, 0.1) is 0 Å².